The number of halogens is 4. The van der Waals surface area contributed by atoms with Crippen LogP contribution in [0.5, 0.6) is 0 Å². The number of alkyl halides is 3. The van der Waals surface area contributed by atoms with Crippen LogP contribution in [0, 0.1) is 0 Å². The molecule has 0 spiro atoms. The summed E-state index contributed by atoms with van der Waals surface area (Å²) in [6.45, 7) is -1.18. The van der Waals surface area contributed by atoms with E-state index < -0.39 is 40.6 Å². The van der Waals surface area contributed by atoms with Gasteiger partial charge in [-0.25, -0.2) is 8.42 Å². The second-order valence-electron chi connectivity index (χ2n) is 7.80. The Morgan fingerprint density at radius 1 is 1.09 bits per heavy atom. The predicted molar refractivity (Wildman–Crippen MR) is 120 cm³/mol. The summed E-state index contributed by atoms with van der Waals surface area (Å²) in [7, 11) is -4.11. The highest BCUT2D eigenvalue weighted by molar-refractivity contribution is 7.89. The fourth-order valence-electron chi connectivity index (χ4n) is 3.53. The molecule has 184 valence electrons. The van der Waals surface area contributed by atoms with Crippen LogP contribution in [0.1, 0.15) is 35.2 Å². The standard InChI is InChI=1S/C22H23ClF3N3O4S/c23-17-8-10-18(11-9-17)34(32,33)29(19-3-1-2-12-27-21(19)31)13-15-4-6-16(7-5-15)20(30)28-14-22(24,25)26/h4-11,19H,1-3,12-14H2,(H,27,31)(H,28,30). The maximum absolute atomic E-state index is 13.5. The molecule has 34 heavy (non-hydrogen) atoms. The Hall–Kier alpha value is -2.63. The van der Waals surface area contributed by atoms with Crippen molar-refractivity contribution in [1.29, 1.82) is 0 Å². The first-order chi connectivity index (χ1) is 16.0. The number of rotatable bonds is 7. The van der Waals surface area contributed by atoms with Crippen LogP contribution < -0.4 is 10.6 Å². The van der Waals surface area contributed by atoms with Gasteiger partial charge in [0.15, 0.2) is 0 Å². The van der Waals surface area contributed by atoms with Gasteiger partial charge in [-0.1, -0.05) is 23.7 Å². The molecule has 1 atom stereocenters. The van der Waals surface area contributed by atoms with Crippen LogP contribution in [0.4, 0.5) is 13.2 Å². The molecule has 2 amide bonds. The van der Waals surface area contributed by atoms with E-state index >= 15 is 0 Å². The summed E-state index contributed by atoms with van der Waals surface area (Å²) in [6.07, 6.45) is -2.84. The number of benzene rings is 2. The van der Waals surface area contributed by atoms with E-state index in [0.29, 0.717) is 30.0 Å². The van der Waals surface area contributed by atoms with Gasteiger partial charge in [-0.2, -0.15) is 17.5 Å². The summed E-state index contributed by atoms with van der Waals surface area (Å²) in [5.41, 5.74) is 0.453. The highest BCUT2D eigenvalue weighted by Gasteiger charge is 2.36. The van der Waals surface area contributed by atoms with Gasteiger partial charge >= 0.3 is 6.18 Å². The topological polar surface area (TPSA) is 95.6 Å². The van der Waals surface area contributed by atoms with Gasteiger partial charge in [-0.05, 0) is 61.2 Å². The number of carbonyl (C=O) groups excluding carboxylic acids is 2. The third kappa shape index (κ3) is 6.71. The van der Waals surface area contributed by atoms with E-state index in [1.807, 2.05) is 0 Å². The van der Waals surface area contributed by atoms with Crippen molar-refractivity contribution in [2.75, 3.05) is 13.1 Å². The Morgan fingerprint density at radius 3 is 2.35 bits per heavy atom. The van der Waals surface area contributed by atoms with Crippen molar-refractivity contribution in [2.24, 2.45) is 0 Å². The first-order valence-electron chi connectivity index (χ1n) is 10.5. The van der Waals surface area contributed by atoms with Gasteiger partial charge in [0, 0.05) is 23.7 Å². The highest BCUT2D eigenvalue weighted by atomic mass is 35.5. The van der Waals surface area contributed by atoms with E-state index in [1.165, 1.54) is 48.5 Å². The smallest absolute Gasteiger partial charge is 0.355 e. The van der Waals surface area contributed by atoms with Crippen molar-refractivity contribution in [3.05, 3.63) is 64.7 Å². The van der Waals surface area contributed by atoms with Crippen molar-refractivity contribution in [3.63, 3.8) is 0 Å². The summed E-state index contributed by atoms with van der Waals surface area (Å²) in [5.74, 6) is -1.31. The van der Waals surface area contributed by atoms with Gasteiger partial charge in [-0.3, -0.25) is 9.59 Å². The molecule has 1 fully saturated rings. The van der Waals surface area contributed by atoms with E-state index in [9.17, 15) is 31.2 Å². The molecule has 2 aromatic rings. The second-order valence-corrected chi connectivity index (χ2v) is 10.1. The Labute approximate surface area is 200 Å². The average Bonchev–Trinajstić information content (AvgIpc) is 3.00. The molecule has 0 bridgehead atoms. The molecule has 12 heteroatoms. The molecule has 1 saturated heterocycles. The monoisotopic (exact) mass is 517 g/mol. The molecule has 0 saturated carbocycles. The zero-order valence-corrected chi connectivity index (χ0v) is 19.5. The lowest BCUT2D eigenvalue weighted by Gasteiger charge is -2.29. The van der Waals surface area contributed by atoms with Crippen molar-refractivity contribution in [1.82, 2.24) is 14.9 Å². The van der Waals surface area contributed by atoms with Crippen LogP contribution in [-0.4, -0.2) is 49.8 Å². The van der Waals surface area contributed by atoms with Crippen LogP contribution in [0.3, 0.4) is 0 Å². The van der Waals surface area contributed by atoms with E-state index in [-0.39, 0.29) is 17.0 Å². The minimum absolute atomic E-state index is 0.00711. The Morgan fingerprint density at radius 2 is 1.74 bits per heavy atom. The fourth-order valence-corrected chi connectivity index (χ4v) is 5.26. The molecule has 1 aliphatic heterocycles. The minimum Gasteiger partial charge on any atom is -0.355 e. The van der Waals surface area contributed by atoms with Gasteiger partial charge in [0.2, 0.25) is 15.9 Å². The summed E-state index contributed by atoms with van der Waals surface area (Å²) < 4.78 is 65.1. The molecule has 0 aliphatic carbocycles. The third-order valence-corrected chi connectivity index (χ3v) is 7.40. The maximum Gasteiger partial charge on any atom is 0.405 e. The summed E-state index contributed by atoms with van der Waals surface area (Å²) in [5, 5.41) is 4.87. The van der Waals surface area contributed by atoms with E-state index in [1.54, 1.807) is 5.32 Å². The SMILES string of the molecule is O=C(NCC(F)(F)F)c1ccc(CN(C2CCCCNC2=O)S(=O)(=O)c2ccc(Cl)cc2)cc1. The maximum atomic E-state index is 13.5. The van der Waals surface area contributed by atoms with Crippen LogP contribution in [-0.2, 0) is 21.4 Å². The molecule has 0 radical (unpaired) electrons. The largest absolute Gasteiger partial charge is 0.405 e. The predicted octanol–water partition coefficient (Wildman–Crippen LogP) is 3.49. The average molecular weight is 518 g/mol. The quantitative estimate of drug-likeness (QED) is 0.587. The first kappa shape index (κ1) is 26.0. The van der Waals surface area contributed by atoms with Crippen molar-refractivity contribution in [2.45, 2.75) is 42.9 Å². The van der Waals surface area contributed by atoms with E-state index in [2.05, 4.69) is 5.32 Å². The third-order valence-electron chi connectivity index (χ3n) is 5.28. The van der Waals surface area contributed by atoms with Gasteiger partial charge < -0.3 is 10.6 Å². The number of carbonyl (C=O) groups is 2. The van der Waals surface area contributed by atoms with Crippen LogP contribution in [0.25, 0.3) is 0 Å². The molecule has 1 heterocycles. The van der Waals surface area contributed by atoms with E-state index in [4.69, 9.17) is 11.6 Å². The molecular formula is C22H23ClF3N3O4S. The summed E-state index contributed by atoms with van der Waals surface area (Å²) in [4.78, 5) is 24.6. The first-order valence-corrected chi connectivity index (χ1v) is 12.3. The normalized spacial score (nSPS) is 17.2. The highest BCUT2D eigenvalue weighted by Crippen LogP contribution is 2.26. The Kier molecular flexibility index (Phi) is 8.21. The molecule has 0 aromatic heterocycles. The minimum atomic E-state index is -4.54. The number of sulfonamides is 1. The number of hydrogen-bond acceptors (Lipinski definition) is 4. The molecule has 1 unspecified atom stereocenters. The van der Waals surface area contributed by atoms with Gasteiger partial charge in [0.05, 0.1) is 4.90 Å². The van der Waals surface area contributed by atoms with Crippen molar-refractivity contribution in [3.8, 4) is 0 Å². The molecular weight excluding hydrogens is 495 g/mol. The molecule has 1 aliphatic rings. The zero-order chi connectivity index (χ0) is 24.9. The number of nitrogens with one attached hydrogen (secondary N) is 2. The van der Waals surface area contributed by atoms with Crippen molar-refractivity contribution >= 4 is 33.4 Å². The summed E-state index contributed by atoms with van der Waals surface area (Å²) >= 11 is 5.88. The zero-order valence-electron chi connectivity index (χ0n) is 17.9. The van der Waals surface area contributed by atoms with Gasteiger partial charge in [0.25, 0.3) is 5.91 Å². The van der Waals surface area contributed by atoms with Gasteiger partial charge in [-0.15, -0.1) is 0 Å². The Bertz CT molecular complexity index is 1120. The van der Waals surface area contributed by atoms with Crippen LogP contribution in [0.2, 0.25) is 5.02 Å². The number of amides is 2. The van der Waals surface area contributed by atoms with Crippen molar-refractivity contribution < 1.29 is 31.2 Å². The van der Waals surface area contributed by atoms with E-state index in [0.717, 1.165) is 10.7 Å². The lowest BCUT2D eigenvalue weighted by molar-refractivity contribution is -0.125. The van der Waals surface area contributed by atoms with Crippen LogP contribution >= 0.6 is 11.6 Å². The lowest BCUT2D eigenvalue weighted by Crippen LogP contribution is -2.48. The molecule has 2 aromatic carbocycles. The van der Waals surface area contributed by atoms with Crippen LogP contribution in [0.15, 0.2) is 53.4 Å². The summed E-state index contributed by atoms with van der Waals surface area (Å²) in [6, 6.07) is 10.1. The fraction of sp³-hybridized carbons (Fsp3) is 0.364. The lowest BCUT2D eigenvalue weighted by atomic mass is 10.1. The molecule has 2 N–H and O–H groups in total. The molecule has 7 nitrogen and oxygen atoms in total. The number of hydrogen-bond donors (Lipinski definition) is 2. The van der Waals surface area contributed by atoms with Gasteiger partial charge in [0.1, 0.15) is 12.6 Å². The Balaban J connectivity index is 1.87. The number of nitrogens with zero attached hydrogens (tertiary/aromatic N) is 1. The second kappa shape index (κ2) is 10.7. The molecule has 3 rings (SSSR count).